The number of aromatic nitrogens is 4. The maximum absolute atomic E-state index is 12.6. The molecule has 2 aromatic heterocycles. The third-order valence-electron chi connectivity index (χ3n) is 3.71. The number of ketones is 1. The van der Waals surface area contributed by atoms with Gasteiger partial charge in [-0.25, -0.2) is 14.8 Å². The predicted molar refractivity (Wildman–Crippen MR) is 96.9 cm³/mol. The molecule has 3 rings (SSSR count). The van der Waals surface area contributed by atoms with Crippen LogP contribution in [0.1, 0.15) is 6.92 Å². The van der Waals surface area contributed by atoms with Crippen LogP contribution in [0.15, 0.2) is 44.9 Å². The van der Waals surface area contributed by atoms with Crippen LogP contribution in [0.5, 0.6) is 0 Å². The normalized spacial score (nSPS) is 11.0. The number of fused-ring (bicyclic) bond motifs is 1. The van der Waals surface area contributed by atoms with Gasteiger partial charge in [-0.1, -0.05) is 42.1 Å². The van der Waals surface area contributed by atoms with E-state index in [9.17, 15) is 14.4 Å². The van der Waals surface area contributed by atoms with Gasteiger partial charge in [0.2, 0.25) is 0 Å². The van der Waals surface area contributed by atoms with Crippen molar-refractivity contribution in [3.8, 4) is 11.4 Å². The van der Waals surface area contributed by atoms with Gasteiger partial charge in [-0.2, -0.15) is 0 Å². The van der Waals surface area contributed by atoms with Crippen LogP contribution in [0.4, 0.5) is 0 Å². The first-order valence-corrected chi connectivity index (χ1v) is 8.54. The summed E-state index contributed by atoms with van der Waals surface area (Å²) in [7, 11) is 2.97. The third kappa shape index (κ3) is 3.12. The molecule has 0 aliphatic heterocycles. The summed E-state index contributed by atoms with van der Waals surface area (Å²) < 4.78 is 2.34. The van der Waals surface area contributed by atoms with Crippen molar-refractivity contribution in [2.24, 2.45) is 14.1 Å². The number of hydrogen-bond donors (Lipinski definition) is 0. The first kappa shape index (κ1) is 17.1. The lowest BCUT2D eigenvalue weighted by Gasteiger charge is -2.11. The van der Waals surface area contributed by atoms with Crippen molar-refractivity contribution in [3.63, 3.8) is 0 Å². The Kier molecular flexibility index (Phi) is 4.54. The summed E-state index contributed by atoms with van der Waals surface area (Å²) in [4.78, 5) is 45.1. The Hall–Kier alpha value is -2.74. The Bertz CT molecular complexity index is 1090. The summed E-state index contributed by atoms with van der Waals surface area (Å²) in [5.74, 6) is 0.564. The van der Waals surface area contributed by atoms with Crippen LogP contribution in [0.25, 0.3) is 22.4 Å². The number of Topliss-reactive ketones (excluding diaryl/α,β-unsaturated/α-hetero) is 1. The van der Waals surface area contributed by atoms with Crippen LogP contribution in [-0.2, 0) is 18.9 Å². The van der Waals surface area contributed by atoms with Crippen LogP contribution in [0.3, 0.4) is 0 Å². The van der Waals surface area contributed by atoms with E-state index in [0.29, 0.717) is 10.9 Å². The summed E-state index contributed by atoms with van der Waals surface area (Å²) in [6, 6.07) is 9.28. The summed E-state index contributed by atoms with van der Waals surface area (Å²) in [5, 5.41) is 0.644. The van der Waals surface area contributed by atoms with Crippen molar-refractivity contribution in [3.05, 3.63) is 51.2 Å². The van der Waals surface area contributed by atoms with Crippen molar-refractivity contribution in [2.75, 3.05) is 5.75 Å². The van der Waals surface area contributed by atoms with Gasteiger partial charge in [0.1, 0.15) is 16.2 Å². The van der Waals surface area contributed by atoms with E-state index in [0.717, 1.165) is 10.1 Å². The first-order chi connectivity index (χ1) is 11.9. The van der Waals surface area contributed by atoms with Crippen molar-refractivity contribution in [1.82, 2.24) is 19.1 Å². The minimum atomic E-state index is -0.469. The van der Waals surface area contributed by atoms with Gasteiger partial charge in [0.05, 0.1) is 5.75 Å². The Morgan fingerprint density at radius 2 is 1.76 bits per heavy atom. The van der Waals surface area contributed by atoms with Gasteiger partial charge in [-0.3, -0.25) is 18.7 Å². The van der Waals surface area contributed by atoms with Gasteiger partial charge < -0.3 is 0 Å². The number of nitrogens with zero attached hydrogens (tertiary/aromatic N) is 4. The maximum atomic E-state index is 12.6. The van der Waals surface area contributed by atoms with Gasteiger partial charge in [0.25, 0.3) is 5.56 Å². The SMILES string of the molecule is CC(=O)CSc1nc(-c2ccccc2)nc2c1c(=O)n(C)c(=O)n2C. The number of carbonyl (C=O) groups excluding carboxylic acids is 1. The fraction of sp³-hybridized carbons (Fsp3) is 0.235. The number of aryl methyl sites for hydroxylation is 1. The van der Waals surface area contributed by atoms with Crippen LogP contribution in [0.2, 0.25) is 0 Å². The molecule has 8 heteroatoms. The molecule has 0 saturated carbocycles. The second-order valence-corrected chi connectivity index (χ2v) is 6.58. The number of hydrogen-bond acceptors (Lipinski definition) is 6. The van der Waals surface area contributed by atoms with Gasteiger partial charge in [-0.05, 0) is 6.92 Å². The second-order valence-electron chi connectivity index (χ2n) is 5.61. The second kappa shape index (κ2) is 6.64. The average Bonchev–Trinajstić information content (AvgIpc) is 2.62. The van der Waals surface area contributed by atoms with Gasteiger partial charge in [-0.15, -0.1) is 0 Å². The minimum absolute atomic E-state index is 0.0281. The number of benzene rings is 1. The van der Waals surface area contributed by atoms with Crippen LogP contribution in [0, 0.1) is 0 Å². The lowest BCUT2D eigenvalue weighted by atomic mass is 10.2. The average molecular weight is 356 g/mol. The highest BCUT2D eigenvalue weighted by molar-refractivity contribution is 8.00. The third-order valence-corrected chi connectivity index (χ3v) is 4.83. The number of carbonyl (C=O) groups is 1. The van der Waals surface area contributed by atoms with E-state index in [1.54, 1.807) is 7.05 Å². The van der Waals surface area contributed by atoms with E-state index < -0.39 is 11.2 Å². The van der Waals surface area contributed by atoms with Crippen molar-refractivity contribution < 1.29 is 4.79 Å². The van der Waals surface area contributed by atoms with Crippen molar-refractivity contribution in [1.29, 1.82) is 0 Å². The highest BCUT2D eigenvalue weighted by atomic mass is 32.2. The number of thioether (sulfide) groups is 1. The molecule has 25 heavy (non-hydrogen) atoms. The van der Waals surface area contributed by atoms with Crippen LogP contribution >= 0.6 is 11.8 Å². The topological polar surface area (TPSA) is 86.8 Å². The lowest BCUT2D eigenvalue weighted by Crippen LogP contribution is -2.37. The zero-order valence-electron chi connectivity index (χ0n) is 14.0. The van der Waals surface area contributed by atoms with E-state index in [-0.39, 0.29) is 22.6 Å². The largest absolute Gasteiger partial charge is 0.332 e. The van der Waals surface area contributed by atoms with Gasteiger partial charge in [0, 0.05) is 19.7 Å². The molecule has 0 spiro atoms. The Morgan fingerprint density at radius 1 is 1.08 bits per heavy atom. The van der Waals surface area contributed by atoms with Gasteiger partial charge in [0.15, 0.2) is 11.5 Å². The summed E-state index contributed by atoms with van der Waals surface area (Å²) in [6.07, 6.45) is 0. The Labute approximate surface area is 147 Å². The molecule has 0 radical (unpaired) electrons. The van der Waals surface area contributed by atoms with Crippen LogP contribution < -0.4 is 11.2 Å². The molecule has 3 aromatic rings. The smallest absolute Gasteiger partial charge is 0.299 e. The summed E-state index contributed by atoms with van der Waals surface area (Å²) in [5.41, 5.74) is 0.0942. The molecule has 0 N–H and O–H groups in total. The van der Waals surface area contributed by atoms with E-state index in [1.165, 1.54) is 30.3 Å². The fourth-order valence-corrected chi connectivity index (χ4v) is 3.23. The molecule has 0 bridgehead atoms. The van der Waals surface area contributed by atoms with E-state index >= 15 is 0 Å². The molecule has 2 heterocycles. The predicted octanol–water partition coefficient (Wildman–Crippen LogP) is 1.38. The van der Waals surface area contributed by atoms with E-state index in [1.807, 2.05) is 30.3 Å². The highest BCUT2D eigenvalue weighted by Crippen LogP contribution is 2.25. The molecule has 0 amide bonds. The monoisotopic (exact) mass is 356 g/mol. The molecular formula is C17H16N4O3S. The maximum Gasteiger partial charge on any atom is 0.332 e. The standard InChI is InChI=1S/C17H16N4O3S/c1-10(22)9-25-15-12-14(20(2)17(24)21(3)16(12)23)18-13(19-15)11-7-5-4-6-8-11/h4-8H,9H2,1-3H3. The zero-order chi connectivity index (χ0) is 18.1. The Balaban J connectivity index is 2.38. The van der Waals surface area contributed by atoms with E-state index in [2.05, 4.69) is 9.97 Å². The molecule has 0 saturated heterocycles. The molecular weight excluding hydrogens is 340 g/mol. The molecule has 0 aliphatic rings. The summed E-state index contributed by atoms with van der Waals surface area (Å²) >= 11 is 1.17. The van der Waals surface area contributed by atoms with Crippen LogP contribution in [-0.4, -0.2) is 30.6 Å². The molecule has 7 nitrogen and oxygen atoms in total. The van der Waals surface area contributed by atoms with Crippen molar-refractivity contribution in [2.45, 2.75) is 11.9 Å². The quantitative estimate of drug-likeness (QED) is 0.518. The van der Waals surface area contributed by atoms with E-state index in [4.69, 9.17) is 0 Å². The minimum Gasteiger partial charge on any atom is -0.299 e. The lowest BCUT2D eigenvalue weighted by molar-refractivity contribution is -0.114. The van der Waals surface area contributed by atoms with Gasteiger partial charge >= 0.3 is 5.69 Å². The molecule has 0 fully saturated rings. The molecule has 1 aromatic carbocycles. The molecule has 128 valence electrons. The number of rotatable bonds is 4. The van der Waals surface area contributed by atoms with Crippen molar-refractivity contribution >= 4 is 28.6 Å². The summed E-state index contributed by atoms with van der Waals surface area (Å²) in [6.45, 7) is 1.47. The molecule has 0 atom stereocenters. The molecule has 0 unspecified atom stereocenters. The highest BCUT2D eigenvalue weighted by Gasteiger charge is 2.18. The first-order valence-electron chi connectivity index (χ1n) is 7.55. The Morgan fingerprint density at radius 3 is 2.40 bits per heavy atom. The fourth-order valence-electron chi connectivity index (χ4n) is 2.42. The molecule has 0 aliphatic carbocycles. The zero-order valence-corrected chi connectivity index (χ0v) is 14.8.